The summed E-state index contributed by atoms with van der Waals surface area (Å²) in [6.07, 6.45) is 3.24. The van der Waals surface area contributed by atoms with E-state index in [2.05, 4.69) is 61.6 Å². The molecular formula is C19H24ClN. The van der Waals surface area contributed by atoms with E-state index >= 15 is 0 Å². The van der Waals surface area contributed by atoms with Crippen LogP contribution in [0, 0.1) is 0 Å². The number of benzene rings is 2. The molecule has 2 unspecified atom stereocenters. The topological polar surface area (TPSA) is 12.0 Å². The van der Waals surface area contributed by atoms with Crippen LogP contribution in [0.3, 0.4) is 0 Å². The lowest BCUT2D eigenvalue weighted by atomic mass is 9.99. The summed E-state index contributed by atoms with van der Waals surface area (Å²) in [6, 6.07) is 19.7. The van der Waals surface area contributed by atoms with Gasteiger partial charge in [-0.1, -0.05) is 67.9 Å². The summed E-state index contributed by atoms with van der Waals surface area (Å²) in [4.78, 5) is 0. The van der Waals surface area contributed by atoms with E-state index in [1.807, 2.05) is 12.1 Å². The average Bonchev–Trinajstić information content (AvgIpc) is 2.52. The highest BCUT2D eigenvalue weighted by atomic mass is 35.5. The van der Waals surface area contributed by atoms with E-state index in [1.54, 1.807) is 0 Å². The zero-order chi connectivity index (χ0) is 15.1. The number of nitrogens with one attached hydrogen (secondary N) is 1. The highest BCUT2D eigenvalue weighted by Gasteiger charge is 2.15. The van der Waals surface area contributed by atoms with Crippen LogP contribution >= 0.6 is 11.6 Å². The molecule has 0 saturated heterocycles. The van der Waals surface area contributed by atoms with Crippen LogP contribution in [0.15, 0.2) is 54.6 Å². The van der Waals surface area contributed by atoms with Gasteiger partial charge in [-0.05, 0) is 42.5 Å². The Labute approximate surface area is 133 Å². The molecule has 0 aliphatic heterocycles. The Hall–Kier alpha value is -1.31. The molecule has 1 N–H and O–H groups in total. The molecule has 21 heavy (non-hydrogen) atoms. The van der Waals surface area contributed by atoms with Crippen molar-refractivity contribution in [3.05, 3.63) is 70.7 Å². The van der Waals surface area contributed by atoms with E-state index in [0.29, 0.717) is 12.1 Å². The van der Waals surface area contributed by atoms with Crippen molar-refractivity contribution in [2.45, 2.75) is 45.2 Å². The van der Waals surface area contributed by atoms with Gasteiger partial charge in [0.15, 0.2) is 0 Å². The molecule has 0 aliphatic carbocycles. The van der Waals surface area contributed by atoms with E-state index in [1.165, 1.54) is 11.1 Å². The molecular weight excluding hydrogens is 278 g/mol. The molecule has 2 aromatic carbocycles. The van der Waals surface area contributed by atoms with Crippen molar-refractivity contribution in [1.82, 2.24) is 5.32 Å². The smallest absolute Gasteiger partial charge is 0.0409 e. The summed E-state index contributed by atoms with van der Waals surface area (Å²) < 4.78 is 0. The standard InChI is InChI=1S/C19H24ClN/c1-3-18(13-15-9-6-5-7-10-15)21-19(4-2)16-11-8-12-17(20)14-16/h5-12,14,18-19,21H,3-4,13H2,1-2H3. The third-order valence-electron chi connectivity index (χ3n) is 3.91. The third-order valence-corrected chi connectivity index (χ3v) is 4.15. The Morgan fingerprint density at radius 1 is 0.952 bits per heavy atom. The molecule has 1 nitrogen and oxygen atoms in total. The summed E-state index contributed by atoms with van der Waals surface area (Å²) in [5, 5.41) is 4.60. The van der Waals surface area contributed by atoms with E-state index in [9.17, 15) is 0 Å². The van der Waals surface area contributed by atoms with Crippen molar-refractivity contribution in [3.8, 4) is 0 Å². The minimum absolute atomic E-state index is 0.359. The predicted octanol–water partition coefficient (Wildman–Crippen LogP) is 5.40. The van der Waals surface area contributed by atoms with Crippen LogP contribution in [0.25, 0.3) is 0 Å². The summed E-state index contributed by atoms with van der Waals surface area (Å²) in [5.41, 5.74) is 2.66. The largest absolute Gasteiger partial charge is 0.307 e. The van der Waals surface area contributed by atoms with Crippen molar-refractivity contribution in [3.63, 3.8) is 0 Å². The van der Waals surface area contributed by atoms with Crippen LogP contribution in [-0.4, -0.2) is 6.04 Å². The van der Waals surface area contributed by atoms with Gasteiger partial charge in [0.25, 0.3) is 0 Å². The van der Waals surface area contributed by atoms with E-state index in [0.717, 1.165) is 24.3 Å². The molecule has 0 radical (unpaired) electrons. The molecule has 112 valence electrons. The minimum Gasteiger partial charge on any atom is -0.307 e. The lowest BCUT2D eigenvalue weighted by Crippen LogP contribution is -2.34. The summed E-state index contributed by atoms with van der Waals surface area (Å²) in [6.45, 7) is 4.46. The lowest BCUT2D eigenvalue weighted by Gasteiger charge is -2.25. The Morgan fingerprint density at radius 3 is 2.33 bits per heavy atom. The first-order valence-electron chi connectivity index (χ1n) is 7.78. The fraction of sp³-hybridized carbons (Fsp3) is 0.368. The highest BCUT2D eigenvalue weighted by molar-refractivity contribution is 6.30. The molecule has 2 rings (SSSR count). The SMILES string of the molecule is CCC(Cc1ccccc1)NC(CC)c1cccc(Cl)c1. The van der Waals surface area contributed by atoms with Crippen LogP contribution in [-0.2, 0) is 6.42 Å². The van der Waals surface area contributed by atoms with Gasteiger partial charge in [0.2, 0.25) is 0 Å². The summed E-state index contributed by atoms with van der Waals surface area (Å²) >= 11 is 6.12. The molecule has 0 heterocycles. The van der Waals surface area contributed by atoms with Gasteiger partial charge in [0, 0.05) is 17.1 Å². The maximum absolute atomic E-state index is 6.12. The van der Waals surface area contributed by atoms with Crippen LogP contribution in [0.1, 0.15) is 43.9 Å². The highest BCUT2D eigenvalue weighted by Crippen LogP contribution is 2.22. The van der Waals surface area contributed by atoms with Gasteiger partial charge < -0.3 is 5.32 Å². The van der Waals surface area contributed by atoms with Crippen molar-refractivity contribution >= 4 is 11.6 Å². The lowest BCUT2D eigenvalue weighted by molar-refractivity contribution is 0.413. The normalized spacial score (nSPS) is 13.9. The fourth-order valence-electron chi connectivity index (χ4n) is 2.68. The van der Waals surface area contributed by atoms with Gasteiger partial charge in [-0.25, -0.2) is 0 Å². The first-order chi connectivity index (χ1) is 10.2. The number of rotatable bonds is 7. The van der Waals surface area contributed by atoms with Gasteiger partial charge in [0.05, 0.1) is 0 Å². The number of hydrogen-bond acceptors (Lipinski definition) is 1. The molecule has 0 aliphatic rings. The van der Waals surface area contributed by atoms with Crippen LogP contribution in [0.2, 0.25) is 5.02 Å². The van der Waals surface area contributed by atoms with Crippen molar-refractivity contribution in [2.75, 3.05) is 0 Å². The summed E-state index contributed by atoms with van der Waals surface area (Å²) in [7, 11) is 0. The first kappa shape index (κ1) is 16.1. The van der Waals surface area contributed by atoms with Crippen molar-refractivity contribution in [2.24, 2.45) is 0 Å². The third kappa shape index (κ3) is 4.87. The van der Waals surface area contributed by atoms with Crippen LogP contribution in [0.4, 0.5) is 0 Å². The zero-order valence-electron chi connectivity index (χ0n) is 12.9. The van der Waals surface area contributed by atoms with Gasteiger partial charge in [-0.15, -0.1) is 0 Å². The van der Waals surface area contributed by atoms with Crippen LogP contribution < -0.4 is 5.32 Å². The molecule has 2 aromatic rings. The minimum atomic E-state index is 0.359. The zero-order valence-corrected chi connectivity index (χ0v) is 13.6. The van der Waals surface area contributed by atoms with E-state index < -0.39 is 0 Å². The second kappa shape index (κ2) is 8.21. The molecule has 0 fully saturated rings. The number of hydrogen-bond donors (Lipinski definition) is 1. The first-order valence-corrected chi connectivity index (χ1v) is 8.16. The van der Waals surface area contributed by atoms with Crippen LogP contribution in [0.5, 0.6) is 0 Å². The monoisotopic (exact) mass is 301 g/mol. The van der Waals surface area contributed by atoms with Gasteiger partial charge >= 0.3 is 0 Å². The molecule has 0 bridgehead atoms. The van der Waals surface area contributed by atoms with Gasteiger partial charge in [0.1, 0.15) is 0 Å². The Morgan fingerprint density at radius 2 is 1.71 bits per heavy atom. The Bertz CT molecular complexity index is 538. The Balaban J connectivity index is 2.05. The molecule has 2 heteroatoms. The van der Waals surface area contributed by atoms with Crippen molar-refractivity contribution < 1.29 is 0 Å². The molecule has 0 amide bonds. The maximum Gasteiger partial charge on any atom is 0.0409 e. The summed E-state index contributed by atoms with van der Waals surface area (Å²) in [5.74, 6) is 0. The van der Waals surface area contributed by atoms with Gasteiger partial charge in [-0.3, -0.25) is 0 Å². The van der Waals surface area contributed by atoms with E-state index in [-0.39, 0.29) is 0 Å². The molecule has 0 aromatic heterocycles. The molecule has 2 atom stereocenters. The quantitative estimate of drug-likeness (QED) is 0.722. The van der Waals surface area contributed by atoms with Gasteiger partial charge in [-0.2, -0.15) is 0 Å². The van der Waals surface area contributed by atoms with Crippen molar-refractivity contribution in [1.29, 1.82) is 0 Å². The second-order valence-electron chi connectivity index (χ2n) is 5.48. The fourth-order valence-corrected chi connectivity index (χ4v) is 2.88. The predicted molar refractivity (Wildman–Crippen MR) is 91.8 cm³/mol. The second-order valence-corrected chi connectivity index (χ2v) is 5.91. The maximum atomic E-state index is 6.12. The van der Waals surface area contributed by atoms with E-state index in [4.69, 9.17) is 11.6 Å². The molecule has 0 spiro atoms. The Kier molecular flexibility index (Phi) is 6.28. The number of halogens is 1. The average molecular weight is 302 g/mol. The molecule has 0 saturated carbocycles.